The number of piperidine rings is 1. The topological polar surface area (TPSA) is 21.3 Å². The molecular formula is C14H25NO. The fourth-order valence-electron chi connectivity index (χ4n) is 2.84. The molecule has 0 saturated carbocycles. The Morgan fingerprint density at radius 2 is 2.06 bits per heavy atom. The van der Waals surface area contributed by atoms with Crippen molar-refractivity contribution in [3.63, 3.8) is 0 Å². The molecule has 0 aromatic heterocycles. The van der Waals surface area contributed by atoms with Crippen LogP contribution in [0.5, 0.6) is 0 Å². The second-order valence-electron chi connectivity index (χ2n) is 5.31. The molecule has 92 valence electrons. The van der Waals surface area contributed by atoms with Crippen LogP contribution in [0.4, 0.5) is 0 Å². The van der Waals surface area contributed by atoms with E-state index in [2.05, 4.69) is 18.3 Å². The highest BCUT2D eigenvalue weighted by Crippen LogP contribution is 2.21. The van der Waals surface area contributed by atoms with Gasteiger partial charge in [-0.25, -0.2) is 0 Å². The van der Waals surface area contributed by atoms with Crippen LogP contribution in [0.2, 0.25) is 0 Å². The molecule has 2 aliphatic rings. The van der Waals surface area contributed by atoms with Crippen LogP contribution >= 0.6 is 0 Å². The van der Waals surface area contributed by atoms with E-state index in [0.717, 1.165) is 25.2 Å². The molecule has 1 atom stereocenters. The van der Waals surface area contributed by atoms with E-state index in [1.807, 2.05) is 0 Å². The van der Waals surface area contributed by atoms with Crippen LogP contribution in [0.1, 0.15) is 45.4 Å². The molecule has 0 aromatic carbocycles. The average Bonchev–Trinajstić information content (AvgIpc) is 2.31. The molecule has 2 saturated heterocycles. The molecule has 2 nitrogen and oxygen atoms in total. The van der Waals surface area contributed by atoms with E-state index < -0.39 is 0 Å². The van der Waals surface area contributed by atoms with Crippen LogP contribution in [-0.4, -0.2) is 25.8 Å². The first-order valence-corrected chi connectivity index (χ1v) is 6.83. The van der Waals surface area contributed by atoms with E-state index in [4.69, 9.17) is 4.74 Å². The van der Waals surface area contributed by atoms with Crippen LogP contribution in [0.15, 0.2) is 11.6 Å². The lowest BCUT2D eigenvalue weighted by atomic mass is 9.93. The summed E-state index contributed by atoms with van der Waals surface area (Å²) in [5, 5.41) is 3.62. The predicted octanol–water partition coefficient (Wildman–Crippen LogP) is 2.89. The Morgan fingerprint density at radius 1 is 1.25 bits per heavy atom. The number of rotatable bonds is 3. The normalized spacial score (nSPS) is 29.3. The molecule has 0 aromatic rings. The van der Waals surface area contributed by atoms with Gasteiger partial charge in [-0.3, -0.25) is 0 Å². The molecule has 0 amide bonds. The summed E-state index contributed by atoms with van der Waals surface area (Å²) in [5.74, 6) is 0.775. The van der Waals surface area contributed by atoms with E-state index in [1.54, 1.807) is 5.57 Å². The Bertz CT molecular complexity index is 225. The summed E-state index contributed by atoms with van der Waals surface area (Å²) in [7, 11) is 0. The minimum atomic E-state index is 0.741. The van der Waals surface area contributed by atoms with Gasteiger partial charge in [-0.1, -0.05) is 18.1 Å². The third kappa shape index (κ3) is 3.91. The highest BCUT2D eigenvalue weighted by atomic mass is 16.5. The highest BCUT2D eigenvalue weighted by Gasteiger charge is 2.15. The van der Waals surface area contributed by atoms with E-state index >= 15 is 0 Å². The van der Waals surface area contributed by atoms with Gasteiger partial charge in [0.25, 0.3) is 0 Å². The number of nitrogens with one attached hydrogen (secondary N) is 1. The van der Waals surface area contributed by atoms with Crippen LogP contribution in [0.25, 0.3) is 0 Å². The van der Waals surface area contributed by atoms with Crippen molar-refractivity contribution < 1.29 is 4.74 Å². The first-order valence-electron chi connectivity index (χ1n) is 6.83. The Kier molecular flexibility index (Phi) is 4.86. The Hall–Kier alpha value is -0.340. The van der Waals surface area contributed by atoms with Gasteiger partial charge in [0.2, 0.25) is 0 Å². The lowest BCUT2D eigenvalue weighted by Gasteiger charge is -2.25. The molecule has 0 radical (unpaired) electrons. The van der Waals surface area contributed by atoms with Crippen molar-refractivity contribution in [2.24, 2.45) is 5.92 Å². The van der Waals surface area contributed by atoms with Crippen molar-refractivity contribution in [1.82, 2.24) is 5.32 Å². The van der Waals surface area contributed by atoms with Gasteiger partial charge in [0, 0.05) is 19.3 Å². The summed E-state index contributed by atoms with van der Waals surface area (Å²) >= 11 is 0. The first-order chi connectivity index (χ1) is 7.84. The molecule has 0 aliphatic carbocycles. The second-order valence-corrected chi connectivity index (χ2v) is 5.31. The minimum absolute atomic E-state index is 0.741. The van der Waals surface area contributed by atoms with Gasteiger partial charge in [-0.2, -0.15) is 0 Å². The molecule has 2 heteroatoms. The number of ether oxygens (including phenoxy) is 1. The number of allylic oxidation sites excluding steroid dienone is 1. The molecule has 1 N–H and O–H groups in total. The van der Waals surface area contributed by atoms with Gasteiger partial charge in [-0.15, -0.1) is 0 Å². The average molecular weight is 223 g/mol. The van der Waals surface area contributed by atoms with Gasteiger partial charge >= 0.3 is 0 Å². The maximum Gasteiger partial charge on any atom is 0.0471 e. The summed E-state index contributed by atoms with van der Waals surface area (Å²) < 4.78 is 5.39. The Labute approximate surface area is 99.4 Å². The van der Waals surface area contributed by atoms with Crippen molar-refractivity contribution >= 4 is 0 Å². The lowest BCUT2D eigenvalue weighted by molar-refractivity contribution is 0.0783. The van der Waals surface area contributed by atoms with E-state index in [9.17, 15) is 0 Å². The fraction of sp³-hybridized carbons (Fsp3) is 0.857. The Balaban J connectivity index is 1.76. The smallest absolute Gasteiger partial charge is 0.0471 e. The van der Waals surface area contributed by atoms with Crippen molar-refractivity contribution in [3.05, 3.63) is 11.6 Å². The van der Waals surface area contributed by atoms with Gasteiger partial charge in [0.1, 0.15) is 0 Å². The summed E-state index contributed by atoms with van der Waals surface area (Å²) in [6, 6.07) is 0.741. The van der Waals surface area contributed by atoms with Crippen LogP contribution < -0.4 is 5.32 Å². The molecule has 2 heterocycles. The fourth-order valence-corrected chi connectivity index (χ4v) is 2.84. The maximum absolute atomic E-state index is 5.39. The third-order valence-electron chi connectivity index (χ3n) is 3.77. The summed E-state index contributed by atoms with van der Waals surface area (Å²) in [5.41, 5.74) is 1.58. The zero-order chi connectivity index (χ0) is 11.2. The zero-order valence-corrected chi connectivity index (χ0v) is 10.5. The maximum atomic E-state index is 5.39. The van der Waals surface area contributed by atoms with Crippen LogP contribution in [0, 0.1) is 5.92 Å². The summed E-state index contributed by atoms with van der Waals surface area (Å²) in [6.45, 7) is 5.42. The van der Waals surface area contributed by atoms with E-state index in [0.29, 0.717) is 0 Å². The lowest BCUT2D eigenvalue weighted by Crippen LogP contribution is -2.34. The number of hydrogen-bond donors (Lipinski definition) is 1. The molecule has 2 aliphatic heterocycles. The number of hydrogen-bond acceptors (Lipinski definition) is 2. The second kappa shape index (κ2) is 6.41. The van der Waals surface area contributed by atoms with Gasteiger partial charge in [0.15, 0.2) is 0 Å². The molecular weight excluding hydrogens is 198 g/mol. The van der Waals surface area contributed by atoms with Crippen molar-refractivity contribution in [1.29, 1.82) is 0 Å². The van der Waals surface area contributed by atoms with E-state index in [-0.39, 0.29) is 0 Å². The molecule has 0 spiro atoms. The minimum Gasteiger partial charge on any atom is -0.381 e. The third-order valence-corrected chi connectivity index (χ3v) is 3.77. The van der Waals surface area contributed by atoms with E-state index in [1.165, 1.54) is 45.1 Å². The summed E-state index contributed by atoms with van der Waals surface area (Å²) in [4.78, 5) is 0. The highest BCUT2D eigenvalue weighted by molar-refractivity contribution is 5.04. The zero-order valence-electron chi connectivity index (χ0n) is 10.5. The van der Waals surface area contributed by atoms with Gasteiger partial charge in [0.05, 0.1) is 0 Å². The predicted molar refractivity (Wildman–Crippen MR) is 67.6 cm³/mol. The van der Waals surface area contributed by atoms with Gasteiger partial charge in [-0.05, 0) is 51.5 Å². The van der Waals surface area contributed by atoms with Crippen molar-refractivity contribution in [2.45, 2.75) is 51.5 Å². The molecule has 16 heavy (non-hydrogen) atoms. The molecule has 2 fully saturated rings. The van der Waals surface area contributed by atoms with Crippen molar-refractivity contribution in [2.75, 3.05) is 19.8 Å². The first kappa shape index (κ1) is 12.1. The summed E-state index contributed by atoms with van der Waals surface area (Å²) in [6.07, 6.45) is 10.3. The quantitative estimate of drug-likeness (QED) is 0.743. The Morgan fingerprint density at radius 3 is 2.75 bits per heavy atom. The largest absolute Gasteiger partial charge is 0.381 e. The standard InChI is InChI=1S/C14H25NO/c1-12(10-13-5-8-16-9-6-13)11-14-4-2-3-7-15-14/h10,13-15H,2-9,11H2,1H3. The SMILES string of the molecule is CC(=CC1CCOCC1)CC1CCCCN1. The molecule has 2 rings (SSSR count). The monoisotopic (exact) mass is 223 g/mol. The van der Waals surface area contributed by atoms with Gasteiger partial charge < -0.3 is 10.1 Å². The van der Waals surface area contributed by atoms with Crippen molar-refractivity contribution in [3.8, 4) is 0 Å². The van der Waals surface area contributed by atoms with Crippen LogP contribution in [-0.2, 0) is 4.74 Å². The molecule has 0 bridgehead atoms. The van der Waals surface area contributed by atoms with Crippen LogP contribution in [0.3, 0.4) is 0 Å². The molecule has 1 unspecified atom stereocenters.